The van der Waals surface area contributed by atoms with Crippen molar-refractivity contribution in [1.29, 1.82) is 0 Å². The van der Waals surface area contributed by atoms with Gasteiger partial charge in [0.2, 0.25) is 0 Å². The van der Waals surface area contributed by atoms with Crippen molar-refractivity contribution in [2.45, 2.75) is 0 Å². The molecular weight excluding hydrogens is 272 g/mol. The molecule has 0 saturated heterocycles. The monoisotopic (exact) mass is 279 g/mol. The molecule has 0 fully saturated rings. The summed E-state index contributed by atoms with van der Waals surface area (Å²) >= 11 is 8.81. The lowest BCUT2D eigenvalue weighted by atomic mass is 10.1. The molecule has 0 radical (unpaired) electrons. The van der Waals surface area contributed by atoms with Crippen LogP contribution in [0.4, 0.5) is 4.39 Å². The summed E-state index contributed by atoms with van der Waals surface area (Å²) in [5.41, 5.74) is 0.00699. The Kier molecular flexibility index (Phi) is 4.04. The number of benzene rings is 1. The molecule has 0 bridgehead atoms. The van der Waals surface area contributed by atoms with Crippen LogP contribution in [0.1, 0.15) is 10.4 Å². The van der Waals surface area contributed by atoms with Gasteiger partial charge in [-0.3, -0.25) is 4.79 Å². The van der Waals surface area contributed by atoms with Crippen LogP contribution in [0.5, 0.6) is 0 Å². The first-order chi connectivity index (χ1) is 6.56. The average molecular weight is 281 g/mol. The van der Waals surface area contributed by atoms with Crippen molar-refractivity contribution >= 4 is 33.3 Å². The maximum absolute atomic E-state index is 13.3. The summed E-state index contributed by atoms with van der Waals surface area (Å²) in [6.07, 6.45) is 0. The van der Waals surface area contributed by atoms with Gasteiger partial charge < -0.3 is 5.32 Å². The first kappa shape index (κ1) is 11.6. The Morgan fingerprint density at radius 3 is 2.86 bits per heavy atom. The molecule has 0 aromatic heterocycles. The minimum absolute atomic E-state index is 0.00699. The predicted molar refractivity (Wildman–Crippen MR) is 57.4 cm³/mol. The minimum Gasteiger partial charge on any atom is -0.313 e. The van der Waals surface area contributed by atoms with Gasteiger partial charge in [0.05, 0.1) is 17.1 Å². The number of hydrogen-bond donors (Lipinski definition) is 1. The second kappa shape index (κ2) is 4.87. The van der Waals surface area contributed by atoms with E-state index >= 15 is 0 Å². The third-order valence-electron chi connectivity index (χ3n) is 1.65. The number of rotatable bonds is 3. The van der Waals surface area contributed by atoms with Crippen molar-refractivity contribution in [2.24, 2.45) is 0 Å². The molecule has 1 aromatic rings. The lowest BCUT2D eigenvalue weighted by molar-refractivity contribution is 0.0989. The van der Waals surface area contributed by atoms with Crippen LogP contribution in [0.3, 0.4) is 0 Å². The molecule has 0 aliphatic rings. The summed E-state index contributed by atoms with van der Waals surface area (Å²) in [6.45, 7) is 0.0921. The number of Topliss-reactive ketones (excluding diaryl/α,β-unsaturated/α-hetero) is 1. The number of carbonyl (C=O) groups excluding carboxylic acids is 1. The summed E-state index contributed by atoms with van der Waals surface area (Å²) in [7, 11) is 1.62. The van der Waals surface area contributed by atoms with E-state index < -0.39 is 5.82 Å². The molecule has 0 atom stereocenters. The number of halogens is 3. The number of ketones is 1. The number of likely N-dealkylation sites (N-methyl/N-ethyl adjacent to an activating group) is 1. The Morgan fingerprint density at radius 1 is 1.64 bits per heavy atom. The van der Waals surface area contributed by atoms with E-state index in [1.54, 1.807) is 7.05 Å². The molecular formula is C9H8BrClFNO. The maximum Gasteiger partial charge on any atom is 0.179 e. The lowest BCUT2D eigenvalue weighted by Gasteiger charge is -2.04. The standard InChI is InChI=1S/C9H8BrClFNO/c1-13-4-9(14)5-2-7(11)6(10)3-8(5)12/h2-3,13H,4H2,1H3. The van der Waals surface area contributed by atoms with Gasteiger partial charge in [0.15, 0.2) is 5.78 Å². The molecule has 0 heterocycles. The van der Waals surface area contributed by atoms with E-state index in [0.717, 1.165) is 0 Å². The van der Waals surface area contributed by atoms with Crippen molar-refractivity contribution in [3.63, 3.8) is 0 Å². The second-order valence-corrected chi connectivity index (χ2v) is 3.96. The van der Waals surface area contributed by atoms with Gasteiger partial charge in [-0.25, -0.2) is 4.39 Å². The molecule has 0 spiro atoms. The van der Waals surface area contributed by atoms with E-state index in [1.807, 2.05) is 0 Å². The van der Waals surface area contributed by atoms with Gasteiger partial charge in [0.25, 0.3) is 0 Å². The number of hydrogen-bond acceptors (Lipinski definition) is 2. The number of nitrogens with one attached hydrogen (secondary N) is 1. The third-order valence-corrected chi connectivity index (χ3v) is 2.84. The summed E-state index contributed by atoms with van der Waals surface area (Å²) in [4.78, 5) is 11.4. The molecule has 0 amide bonds. The largest absolute Gasteiger partial charge is 0.313 e. The van der Waals surface area contributed by atoms with Gasteiger partial charge in [-0.1, -0.05) is 11.6 Å². The fourth-order valence-corrected chi connectivity index (χ4v) is 1.47. The first-order valence-corrected chi connectivity index (χ1v) is 5.05. The summed E-state index contributed by atoms with van der Waals surface area (Å²) < 4.78 is 13.7. The smallest absolute Gasteiger partial charge is 0.179 e. The molecule has 76 valence electrons. The molecule has 2 nitrogen and oxygen atoms in total. The van der Waals surface area contributed by atoms with Gasteiger partial charge >= 0.3 is 0 Å². The summed E-state index contributed by atoms with van der Waals surface area (Å²) in [5.74, 6) is -0.888. The normalized spacial score (nSPS) is 10.3. The summed E-state index contributed by atoms with van der Waals surface area (Å²) in [5, 5.41) is 2.98. The molecule has 14 heavy (non-hydrogen) atoms. The maximum atomic E-state index is 13.3. The third kappa shape index (κ3) is 2.53. The fourth-order valence-electron chi connectivity index (χ4n) is 0.992. The van der Waals surface area contributed by atoms with E-state index in [1.165, 1.54) is 12.1 Å². The molecule has 0 saturated carbocycles. The van der Waals surface area contributed by atoms with Crippen LogP contribution in [-0.2, 0) is 0 Å². The molecule has 0 unspecified atom stereocenters. The Bertz CT molecular complexity index is 370. The lowest BCUT2D eigenvalue weighted by Crippen LogP contribution is -2.19. The molecule has 0 aliphatic heterocycles. The zero-order valence-electron chi connectivity index (χ0n) is 7.40. The van der Waals surface area contributed by atoms with E-state index in [2.05, 4.69) is 21.2 Å². The van der Waals surface area contributed by atoms with Crippen LogP contribution in [0.15, 0.2) is 16.6 Å². The van der Waals surface area contributed by atoms with Gasteiger partial charge in [-0.15, -0.1) is 0 Å². The highest BCUT2D eigenvalue weighted by molar-refractivity contribution is 9.10. The molecule has 1 N–H and O–H groups in total. The topological polar surface area (TPSA) is 29.1 Å². The van der Waals surface area contributed by atoms with Crippen molar-refractivity contribution < 1.29 is 9.18 Å². The highest BCUT2D eigenvalue weighted by atomic mass is 79.9. The SMILES string of the molecule is CNCC(=O)c1cc(Cl)c(Br)cc1F. The van der Waals surface area contributed by atoms with E-state index in [9.17, 15) is 9.18 Å². The molecule has 1 aromatic carbocycles. The van der Waals surface area contributed by atoms with E-state index in [4.69, 9.17) is 11.6 Å². The van der Waals surface area contributed by atoms with Gasteiger partial charge in [-0.2, -0.15) is 0 Å². The van der Waals surface area contributed by atoms with Crippen LogP contribution in [-0.4, -0.2) is 19.4 Å². The molecule has 0 aliphatic carbocycles. The molecule has 1 rings (SSSR count). The van der Waals surface area contributed by atoms with Gasteiger partial charge in [-0.05, 0) is 35.1 Å². The minimum atomic E-state index is -0.568. The highest BCUT2D eigenvalue weighted by Crippen LogP contribution is 2.25. The van der Waals surface area contributed by atoms with Crippen molar-refractivity contribution in [1.82, 2.24) is 5.32 Å². The van der Waals surface area contributed by atoms with Crippen molar-refractivity contribution in [3.8, 4) is 0 Å². The fraction of sp³-hybridized carbons (Fsp3) is 0.222. The molecule has 5 heteroatoms. The van der Waals surface area contributed by atoms with Crippen LogP contribution >= 0.6 is 27.5 Å². The highest BCUT2D eigenvalue weighted by Gasteiger charge is 2.13. The van der Waals surface area contributed by atoms with Gasteiger partial charge in [0.1, 0.15) is 5.82 Å². The van der Waals surface area contributed by atoms with Crippen LogP contribution in [0.2, 0.25) is 5.02 Å². The van der Waals surface area contributed by atoms with Crippen LogP contribution in [0, 0.1) is 5.82 Å². The zero-order valence-corrected chi connectivity index (χ0v) is 9.75. The summed E-state index contributed by atoms with van der Waals surface area (Å²) in [6, 6.07) is 2.51. The van der Waals surface area contributed by atoms with Gasteiger partial charge in [0, 0.05) is 4.47 Å². The van der Waals surface area contributed by atoms with E-state index in [-0.39, 0.29) is 17.9 Å². The van der Waals surface area contributed by atoms with Crippen molar-refractivity contribution in [3.05, 3.63) is 33.0 Å². The van der Waals surface area contributed by atoms with E-state index in [0.29, 0.717) is 9.50 Å². The Morgan fingerprint density at radius 2 is 2.29 bits per heavy atom. The Hall–Kier alpha value is -0.450. The first-order valence-electron chi connectivity index (χ1n) is 3.88. The zero-order chi connectivity index (χ0) is 10.7. The predicted octanol–water partition coefficient (Wildman–Crippen LogP) is 2.64. The Balaban J connectivity index is 3.09. The quantitative estimate of drug-likeness (QED) is 0.681. The van der Waals surface area contributed by atoms with Crippen LogP contribution in [0.25, 0.3) is 0 Å². The average Bonchev–Trinajstić information content (AvgIpc) is 2.11. The number of carbonyl (C=O) groups is 1. The Labute approximate surface area is 94.6 Å². The van der Waals surface area contributed by atoms with Crippen LogP contribution < -0.4 is 5.32 Å². The van der Waals surface area contributed by atoms with Crippen molar-refractivity contribution in [2.75, 3.05) is 13.6 Å². The second-order valence-electron chi connectivity index (χ2n) is 2.70.